The van der Waals surface area contributed by atoms with E-state index in [2.05, 4.69) is 16.8 Å². The van der Waals surface area contributed by atoms with Crippen LogP contribution in [0.1, 0.15) is 41.5 Å². The first-order chi connectivity index (χ1) is 7.15. The zero-order valence-corrected chi connectivity index (χ0v) is 9.42. The summed E-state index contributed by atoms with van der Waals surface area (Å²) in [5.74, 6) is 5.80. The van der Waals surface area contributed by atoms with Gasteiger partial charge >= 0.3 is 0 Å². The number of carbonyl (C=O) groups excluding carboxylic acids is 1. The molecule has 0 amide bonds. The molecule has 1 aromatic heterocycles. The SMILES string of the molecule is CC#CCCC(=O)c1ccc(C)nc1C. The van der Waals surface area contributed by atoms with Gasteiger partial charge in [-0.2, -0.15) is 0 Å². The summed E-state index contributed by atoms with van der Waals surface area (Å²) in [6, 6.07) is 3.71. The molecule has 78 valence electrons. The molecule has 1 heterocycles. The van der Waals surface area contributed by atoms with E-state index in [4.69, 9.17) is 0 Å². The molecular weight excluding hydrogens is 186 g/mol. The fourth-order valence-corrected chi connectivity index (χ4v) is 1.42. The van der Waals surface area contributed by atoms with Crippen molar-refractivity contribution in [3.05, 3.63) is 29.1 Å². The predicted octanol–water partition coefficient (Wildman–Crippen LogP) is 2.68. The lowest BCUT2D eigenvalue weighted by atomic mass is 10.1. The molecule has 15 heavy (non-hydrogen) atoms. The highest BCUT2D eigenvalue weighted by molar-refractivity contribution is 5.97. The van der Waals surface area contributed by atoms with Crippen LogP contribution in [-0.2, 0) is 0 Å². The maximum Gasteiger partial charge on any atom is 0.165 e. The van der Waals surface area contributed by atoms with Gasteiger partial charge in [0.05, 0.1) is 0 Å². The summed E-state index contributed by atoms with van der Waals surface area (Å²) in [6.45, 7) is 5.57. The van der Waals surface area contributed by atoms with Crippen LogP contribution in [0.2, 0.25) is 0 Å². The molecule has 0 aliphatic rings. The van der Waals surface area contributed by atoms with Crippen LogP contribution in [-0.4, -0.2) is 10.8 Å². The predicted molar refractivity (Wildman–Crippen MR) is 60.7 cm³/mol. The van der Waals surface area contributed by atoms with Crippen molar-refractivity contribution in [3.63, 3.8) is 0 Å². The summed E-state index contributed by atoms with van der Waals surface area (Å²) in [7, 11) is 0. The lowest BCUT2D eigenvalue weighted by molar-refractivity contribution is 0.0983. The van der Waals surface area contributed by atoms with Crippen LogP contribution in [0.25, 0.3) is 0 Å². The van der Waals surface area contributed by atoms with E-state index in [1.54, 1.807) is 6.92 Å². The van der Waals surface area contributed by atoms with Crippen LogP contribution < -0.4 is 0 Å². The highest BCUT2D eigenvalue weighted by Crippen LogP contribution is 2.10. The molecule has 2 nitrogen and oxygen atoms in total. The quantitative estimate of drug-likeness (QED) is 0.556. The summed E-state index contributed by atoms with van der Waals surface area (Å²) in [5.41, 5.74) is 2.47. The molecule has 0 unspecified atom stereocenters. The second-order valence-corrected chi connectivity index (χ2v) is 3.44. The Morgan fingerprint density at radius 1 is 1.40 bits per heavy atom. The molecule has 0 aliphatic carbocycles. The van der Waals surface area contributed by atoms with Gasteiger partial charge in [0.15, 0.2) is 5.78 Å². The minimum absolute atomic E-state index is 0.128. The van der Waals surface area contributed by atoms with Crippen molar-refractivity contribution in [1.29, 1.82) is 0 Å². The Balaban J connectivity index is 2.76. The average Bonchev–Trinajstić information content (AvgIpc) is 2.17. The summed E-state index contributed by atoms with van der Waals surface area (Å²) in [6.07, 6.45) is 1.11. The number of nitrogens with zero attached hydrogens (tertiary/aromatic N) is 1. The van der Waals surface area contributed by atoms with Gasteiger partial charge in [-0.25, -0.2) is 0 Å². The fourth-order valence-electron chi connectivity index (χ4n) is 1.42. The third-order valence-electron chi connectivity index (χ3n) is 2.18. The van der Waals surface area contributed by atoms with Crippen molar-refractivity contribution in [3.8, 4) is 11.8 Å². The Morgan fingerprint density at radius 2 is 2.13 bits per heavy atom. The number of pyridine rings is 1. The summed E-state index contributed by atoms with van der Waals surface area (Å²) < 4.78 is 0. The molecule has 1 aromatic rings. The number of hydrogen-bond acceptors (Lipinski definition) is 2. The van der Waals surface area contributed by atoms with Gasteiger partial charge in [0.1, 0.15) is 0 Å². The van der Waals surface area contributed by atoms with Crippen molar-refractivity contribution in [2.45, 2.75) is 33.6 Å². The lowest BCUT2D eigenvalue weighted by Gasteiger charge is -2.03. The number of ketones is 1. The standard InChI is InChI=1S/C13H15NO/c1-4-5-6-7-13(15)12-9-8-10(2)14-11(12)3/h8-9H,6-7H2,1-3H3. The van der Waals surface area contributed by atoms with Gasteiger partial charge in [-0.05, 0) is 32.9 Å². The molecule has 0 radical (unpaired) electrons. The van der Waals surface area contributed by atoms with E-state index in [1.165, 1.54) is 0 Å². The number of Topliss-reactive ketones (excluding diaryl/α,β-unsaturated/α-hetero) is 1. The van der Waals surface area contributed by atoms with E-state index in [9.17, 15) is 4.79 Å². The number of rotatable bonds is 3. The maximum atomic E-state index is 11.7. The minimum Gasteiger partial charge on any atom is -0.294 e. The average molecular weight is 201 g/mol. The van der Waals surface area contributed by atoms with Gasteiger partial charge in [-0.3, -0.25) is 9.78 Å². The van der Waals surface area contributed by atoms with Crippen molar-refractivity contribution in [1.82, 2.24) is 4.98 Å². The van der Waals surface area contributed by atoms with Crippen LogP contribution in [0.5, 0.6) is 0 Å². The molecule has 0 N–H and O–H groups in total. The highest BCUT2D eigenvalue weighted by Gasteiger charge is 2.08. The van der Waals surface area contributed by atoms with Gasteiger partial charge in [-0.1, -0.05) is 0 Å². The molecule has 0 saturated carbocycles. The molecule has 2 heteroatoms. The van der Waals surface area contributed by atoms with E-state index >= 15 is 0 Å². The Labute approximate surface area is 90.7 Å². The highest BCUT2D eigenvalue weighted by atomic mass is 16.1. The molecule has 0 fully saturated rings. The van der Waals surface area contributed by atoms with Crippen molar-refractivity contribution in [2.24, 2.45) is 0 Å². The number of hydrogen-bond donors (Lipinski definition) is 0. The van der Waals surface area contributed by atoms with Crippen molar-refractivity contribution >= 4 is 5.78 Å². The number of aromatic nitrogens is 1. The van der Waals surface area contributed by atoms with Gasteiger partial charge in [-0.15, -0.1) is 11.8 Å². The first-order valence-electron chi connectivity index (χ1n) is 5.02. The van der Waals surface area contributed by atoms with E-state index < -0.39 is 0 Å². The third-order valence-corrected chi connectivity index (χ3v) is 2.18. The first kappa shape index (κ1) is 11.5. The van der Waals surface area contributed by atoms with E-state index in [0.29, 0.717) is 12.8 Å². The maximum absolute atomic E-state index is 11.7. The lowest BCUT2D eigenvalue weighted by Crippen LogP contribution is -2.03. The first-order valence-corrected chi connectivity index (χ1v) is 5.02. The van der Waals surface area contributed by atoms with Crippen molar-refractivity contribution in [2.75, 3.05) is 0 Å². The molecule has 1 rings (SSSR count). The summed E-state index contributed by atoms with van der Waals surface area (Å²) in [5, 5.41) is 0. The zero-order chi connectivity index (χ0) is 11.3. The number of aryl methyl sites for hydroxylation is 2. The van der Waals surface area contributed by atoms with E-state index in [1.807, 2.05) is 26.0 Å². The van der Waals surface area contributed by atoms with Crippen molar-refractivity contribution < 1.29 is 4.79 Å². The van der Waals surface area contributed by atoms with E-state index in [-0.39, 0.29) is 5.78 Å². The molecule has 0 atom stereocenters. The largest absolute Gasteiger partial charge is 0.294 e. The molecule has 0 spiro atoms. The van der Waals surface area contributed by atoms with Gasteiger partial charge < -0.3 is 0 Å². The molecular formula is C13H15NO. The molecule has 0 bridgehead atoms. The second-order valence-electron chi connectivity index (χ2n) is 3.44. The summed E-state index contributed by atoms with van der Waals surface area (Å²) in [4.78, 5) is 16.0. The summed E-state index contributed by atoms with van der Waals surface area (Å²) >= 11 is 0. The second kappa shape index (κ2) is 5.31. The van der Waals surface area contributed by atoms with Gasteiger partial charge in [0.2, 0.25) is 0 Å². The topological polar surface area (TPSA) is 30.0 Å². The number of carbonyl (C=O) groups is 1. The van der Waals surface area contributed by atoms with Gasteiger partial charge in [0, 0.05) is 29.8 Å². The normalized spacial score (nSPS) is 9.27. The Kier molecular flexibility index (Phi) is 4.05. The van der Waals surface area contributed by atoms with Crippen LogP contribution in [0.4, 0.5) is 0 Å². The van der Waals surface area contributed by atoms with E-state index in [0.717, 1.165) is 17.0 Å². The van der Waals surface area contributed by atoms with Crippen LogP contribution >= 0.6 is 0 Å². The zero-order valence-electron chi connectivity index (χ0n) is 9.42. The Hall–Kier alpha value is -1.62. The monoisotopic (exact) mass is 201 g/mol. The van der Waals surface area contributed by atoms with Gasteiger partial charge in [0.25, 0.3) is 0 Å². The Morgan fingerprint density at radius 3 is 2.73 bits per heavy atom. The van der Waals surface area contributed by atoms with Crippen LogP contribution in [0.3, 0.4) is 0 Å². The fraction of sp³-hybridized carbons (Fsp3) is 0.385. The van der Waals surface area contributed by atoms with Crippen LogP contribution in [0.15, 0.2) is 12.1 Å². The molecule has 0 aromatic carbocycles. The smallest absolute Gasteiger partial charge is 0.165 e. The third kappa shape index (κ3) is 3.21. The molecule has 0 aliphatic heterocycles. The molecule has 0 saturated heterocycles. The minimum atomic E-state index is 0.128. The van der Waals surface area contributed by atoms with Crippen LogP contribution in [0, 0.1) is 25.7 Å². The Bertz CT molecular complexity index is 424.